The molecule has 0 aliphatic carbocycles. The molecule has 0 unspecified atom stereocenters. The van der Waals surface area contributed by atoms with Crippen molar-refractivity contribution >= 4 is 11.8 Å². The Hall–Kier alpha value is -1.22. The van der Waals surface area contributed by atoms with Crippen LogP contribution in [0.4, 0.5) is 0 Å². The summed E-state index contributed by atoms with van der Waals surface area (Å²) in [6.45, 7) is 6.55. The molecule has 0 spiro atoms. The minimum Gasteiger partial charge on any atom is -0.377 e. The van der Waals surface area contributed by atoms with Crippen LogP contribution in [0, 0.1) is 0 Å². The van der Waals surface area contributed by atoms with Gasteiger partial charge in [0.1, 0.15) is 0 Å². The molecule has 160 valence electrons. The number of hydrogen-bond donors (Lipinski definition) is 3. The first kappa shape index (κ1) is 25.8. The molecule has 0 saturated heterocycles. The lowest BCUT2D eigenvalue weighted by molar-refractivity contribution is -0.121. The van der Waals surface area contributed by atoms with Crippen LogP contribution in [-0.4, -0.2) is 78.1 Å². The molecule has 0 aliphatic heterocycles. The smallest absolute Gasteiger partial charge is 0.220 e. The Morgan fingerprint density at radius 2 is 1.19 bits per heavy atom. The summed E-state index contributed by atoms with van der Waals surface area (Å²) >= 11 is 0. The van der Waals surface area contributed by atoms with Gasteiger partial charge in [0.2, 0.25) is 11.8 Å². The maximum atomic E-state index is 11.7. The number of carbonyl (C=O) groups excluding carboxylic acids is 2. The van der Waals surface area contributed by atoms with Gasteiger partial charge in [0.05, 0.1) is 39.6 Å². The predicted molar refractivity (Wildman–Crippen MR) is 106 cm³/mol. The van der Waals surface area contributed by atoms with Crippen molar-refractivity contribution in [3.63, 3.8) is 0 Å². The first-order valence-corrected chi connectivity index (χ1v) is 10.1. The summed E-state index contributed by atoms with van der Waals surface area (Å²) < 4.78 is 16.1. The number of hydrogen-bond acceptors (Lipinski definition) is 6. The van der Waals surface area contributed by atoms with Gasteiger partial charge in [-0.05, 0) is 26.4 Å². The summed E-state index contributed by atoms with van der Waals surface area (Å²) in [4.78, 5) is 22.3. The number of amides is 2. The van der Waals surface area contributed by atoms with E-state index in [1.165, 1.54) is 26.2 Å². The van der Waals surface area contributed by atoms with Crippen molar-refractivity contribution in [2.75, 3.05) is 66.3 Å². The molecule has 27 heavy (non-hydrogen) atoms. The molecule has 0 rings (SSSR count). The van der Waals surface area contributed by atoms with Gasteiger partial charge in [-0.2, -0.15) is 0 Å². The quantitative estimate of drug-likeness (QED) is 0.267. The van der Waals surface area contributed by atoms with Crippen LogP contribution in [-0.2, 0) is 23.8 Å². The summed E-state index contributed by atoms with van der Waals surface area (Å²) in [7, 11) is 1.97. The maximum absolute atomic E-state index is 11.7. The third kappa shape index (κ3) is 22.7. The van der Waals surface area contributed by atoms with Gasteiger partial charge >= 0.3 is 0 Å². The van der Waals surface area contributed by atoms with Crippen LogP contribution < -0.4 is 16.0 Å². The van der Waals surface area contributed by atoms with Crippen LogP contribution in [0.3, 0.4) is 0 Å². The molecule has 0 heterocycles. The monoisotopic (exact) mass is 389 g/mol. The second-order valence-electron chi connectivity index (χ2n) is 6.29. The van der Waals surface area contributed by atoms with Gasteiger partial charge in [-0.25, -0.2) is 0 Å². The number of nitrogens with one attached hydrogen (secondary N) is 3. The minimum absolute atomic E-state index is 0.0565. The van der Waals surface area contributed by atoms with Crippen molar-refractivity contribution in [3.8, 4) is 0 Å². The first-order chi connectivity index (χ1) is 13.2. The second kappa shape index (κ2) is 21.1. The Morgan fingerprint density at radius 1 is 0.667 bits per heavy atom. The number of carbonyl (C=O) groups is 2. The van der Waals surface area contributed by atoms with Crippen LogP contribution in [0.15, 0.2) is 0 Å². The second-order valence-corrected chi connectivity index (χ2v) is 6.29. The Labute approximate surface area is 164 Å². The molecule has 0 radical (unpaired) electrons. The highest BCUT2D eigenvalue weighted by Gasteiger charge is 2.00. The Balaban J connectivity index is 3.14. The number of ether oxygens (including phenoxy) is 3. The fourth-order valence-electron chi connectivity index (χ4n) is 2.31. The van der Waals surface area contributed by atoms with E-state index >= 15 is 0 Å². The molecule has 0 fully saturated rings. The Kier molecular flexibility index (Phi) is 20.1. The van der Waals surface area contributed by atoms with E-state index in [9.17, 15) is 9.59 Å². The number of unbranched alkanes of at least 4 members (excludes halogenated alkanes) is 4. The highest BCUT2D eigenvalue weighted by molar-refractivity contribution is 5.75. The normalized spacial score (nSPS) is 10.7. The van der Waals surface area contributed by atoms with Crippen LogP contribution in [0.25, 0.3) is 0 Å². The van der Waals surface area contributed by atoms with Gasteiger partial charge < -0.3 is 30.2 Å². The van der Waals surface area contributed by atoms with Crippen LogP contribution >= 0.6 is 0 Å². The van der Waals surface area contributed by atoms with E-state index in [4.69, 9.17) is 14.2 Å². The van der Waals surface area contributed by atoms with E-state index in [0.29, 0.717) is 59.2 Å². The molecule has 0 saturated carbocycles. The van der Waals surface area contributed by atoms with E-state index in [1.807, 2.05) is 7.05 Å². The van der Waals surface area contributed by atoms with Gasteiger partial charge in [-0.3, -0.25) is 9.59 Å². The molecule has 0 aromatic rings. The SMILES string of the molecule is CNCCCCCCCC(=O)NCCOCCOCCOCCNC(C)=O. The zero-order valence-corrected chi connectivity index (χ0v) is 17.1. The summed E-state index contributed by atoms with van der Waals surface area (Å²) in [5, 5.41) is 8.65. The van der Waals surface area contributed by atoms with Gasteiger partial charge in [0.15, 0.2) is 0 Å². The molecule has 0 aromatic carbocycles. The maximum Gasteiger partial charge on any atom is 0.220 e. The molecular formula is C19H39N3O5. The molecule has 0 bridgehead atoms. The van der Waals surface area contributed by atoms with E-state index in [2.05, 4.69) is 16.0 Å². The standard InChI is InChI=1S/C19H39N3O5/c1-18(23)21-10-12-25-14-16-27-17-15-26-13-11-22-19(24)8-6-4-3-5-7-9-20-2/h20H,3-17H2,1-2H3,(H,21,23)(H,22,24). The molecule has 2 amide bonds. The minimum atomic E-state index is -0.0565. The van der Waals surface area contributed by atoms with Crippen LogP contribution in [0.5, 0.6) is 0 Å². The summed E-state index contributed by atoms with van der Waals surface area (Å²) in [5.41, 5.74) is 0. The average Bonchev–Trinajstić information content (AvgIpc) is 2.64. The highest BCUT2D eigenvalue weighted by Crippen LogP contribution is 2.04. The summed E-state index contributed by atoms with van der Waals surface area (Å²) in [6.07, 6.45) is 6.28. The van der Waals surface area contributed by atoms with Crippen LogP contribution in [0.2, 0.25) is 0 Å². The Morgan fingerprint density at radius 3 is 1.78 bits per heavy atom. The summed E-state index contributed by atoms with van der Waals surface area (Å²) in [5.74, 6) is 0.0421. The fourth-order valence-corrected chi connectivity index (χ4v) is 2.31. The topological polar surface area (TPSA) is 97.9 Å². The van der Waals surface area contributed by atoms with Gasteiger partial charge in [0.25, 0.3) is 0 Å². The van der Waals surface area contributed by atoms with Crippen molar-refractivity contribution in [3.05, 3.63) is 0 Å². The van der Waals surface area contributed by atoms with E-state index in [-0.39, 0.29) is 11.8 Å². The van der Waals surface area contributed by atoms with Gasteiger partial charge in [-0.1, -0.05) is 19.3 Å². The zero-order chi connectivity index (χ0) is 20.0. The van der Waals surface area contributed by atoms with Gasteiger partial charge in [-0.15, -0.1) is 0 Å². The van der Waals surface area contributed by atoms with Gasteiger partial charge in [0, 0.05) is 26.4 Å². The zero-order valence-electron chi connectivity index (χ0n) is 17.1. The fraction of sp³-hybridized carbons (Fsp3) is 0.895. The van der Waals surface area contributed by atoms with E-state index in [1.54, 1.807) is 0 Å². The highest BCUT2D eigenvalue weighted by atomic mass is 16.5. The molecule has 0 aromatic heterocycles. The van der Waals surface area contributed by atoms with Crippen molar-refractivity contribution in [2.45, 2.75) is 45.4 Å². The largest absolute Gasteiger partial charge is 0.377 e. The van der Waals surface area contributed by atoms with E-state index < -0.39 is 0 Å². The number of rotatable bonds is 20. The molecule has 0 atom stereocenters. The van der Waals surface area contributed by atoms with Crippen molar-refractivity contribution in [1.29, 1.82) is 0 Å². The van der Waals surface area contributed by atoms with Crippen LogP contribution in [0.1, 0.15) is 45.4 Å². The summed E-state index contributed by atoms with van der Waals surface area (Å²) in [6, 6.07) is 0. The van der Waals surface area contributed by atoms with Crippen molar-refractivity contribution in [1.82, 2.24) is 16.0 Å². The molecule has 0 aliphatic rings. The lowest BCUT2D eigenvalue weighted by Gasteiger charge is -2.08. The van der Waals surface area contributed by atoms with Crippen molar-refractivity contribution in [2.24, 2.45) is 0 Å². The lowest BCUT2D eigenvalue weighted by atomic mass is 10.1. The Bertz CT molecular complexity index is 356. The molecular weight excluding hydrogens is 350 g/mol. The first-order valence-electron chi connectivity index (χ1n) is 10.1. The predicted octanol–water partition coefficient (Wildman–Crippen LogP) is 0.849. The third-order valence-corrected chi connectivity index (χ3v) is 3.76. The van der Waals surface area contributed by atoms with Crippen molar-refractivity contribution < 1.29 is 23.8 Å². The molecule has 8 heteroatoms. The lowest BCUT2D eigenvalue weighted by Crippen LogP contribution is -2.27. The molecule has 3 N–H and O–H groups in total. The van der Waals surface area contributed by atoms with E-state index in [0.717, 1.165) is 19.4 Å². The average molecular weight is 390 g/mol. The third-order valence-electron chi connectivity index (χ3n) is 3.76. The molecule has 8 nitrogen and oxygen atoms in total.